The molecule has 2 aromatic carbocycles. The molecule has 0 atom stereocenters. The maximum atomic E-state index is 10.7. The van der Waals surface area contributed by atoms with E-state index in [9.17, 15) is 4.79 Å². The van der Waals surface area contributed by atoms with Crippen LogP contribution in [-0.2, 0) is 6.54 Å². The molecule has 4 nitrogen and oxygen atoms in total. The molecule has 0 bridgehead atoms. The number of ether oxygens (including phenoxy) is 1. The molecule has 0 unspecified atom stereocenters. The molecule has 5 heteroatoms. The Labute approximate surface area is 121 Å². The van der Waals surface area contributed by atoms with E-state index in [1.807, 2.05) is 18.2 Å². The monoisotopic (exact) mass is 286 g/mol. The number of hydrogen-bond acceptors (Lipinski definition) is 4. The number of aliphatic imine (C=N–C) groups is 1. The lowest BCUT2D eigenvalue weighted by atomic mass is 10.1. The molecule has 0 aromatic heterocycles. The number of benzene rings is 2. The van der Waals surface area contributed by atoms with E-state index in [-0.39, 0.29) is 0 Å². The van der Waals surface area contributed by atoms with Crippen molar-refractivity contribution in [2.24, 2.45) is 4.99 Å². The Morgan fingerprint density at radius 3 is 2.95 bits per heavy atom. The first-order chi connectivity index (χ1) is 9.76. The molecule has 20 heavy (non-hydrogen) atoms. The number of hydrogen-bond donors (Lipinski definition) is 1. The zero-order valence-corrected chi connectivity index (χ0v) is 11.2. The number of rotatable bonds is 3. The quantitative estimate of drug-likeness (QED) is 0.871. The molecule has 0 fully saturated rings. The molecule has 1 aliphatic heterocycles. The van der Waals surface area contributed by atoms with Crippen LogP contribution in [0.3, 0.4) is 0 Å². The van der Waals surface area contributed by atoms with Gasteiger partial charge in [-0.2, -0.15) is 0 Å². The lowest BCUT2D eigenvalue weighted by Crippen LogP contribution is -2.04. The van der Waals surface area contributed by atoms with Crippen LogP contribution in [0.15, 0.2) is 41.4 Å². The van der Waals surface area contributed by atoms with Crippen molar-refractivity contribution in [2.75, 3.05) is 5.32 Å². The van der Waals surface area contributed by atoms with Crippen molar-refractivity contribution in [3.63, 3.8) is 0 Å². The van der Waals surface area contributed by atoms with Crippen molar-refractivity contribution in [3.05, 3.63) is 52.5 Å². The fourth-order valence-electron chi connectivity index (χ4n) is 1.96. The summed E-state index contributed by atoms with van der Waals surface area (Å²) in [6, 6.07) is 10.6. The van der Waals surface area contributed by atoms with Crippen LogP contribution in [0.1, 0.15) is 15.9 Å². The van der Waals surface area contributed by atoms with Gasteiger partial charge in [-0.05, 0) is 36.4 Å². The van der Waals surface area contributed by atoms with Crippen LogP contribution >= 0.6 is 11.6 Å². The molecule has 3 rings (SSSR count). The number of carbonyl (C=O) groups is 1. The molecule has 0 saturated heterocycles. The van der Waals surface area contributed by atoms with Crippen LogP contribution in [0.4, 0.5) is 5.69 Å². The minimum Gasteiger partial charge on any atom is -0.456 e. The standard InChI is InChI=1S/C15H11ClN2O2/c16-13-5-10(8-19)1-4-15(13)20-12-2-3-14-11(6-12)7-17-9-18-14/h1-6,8-9H,7H2,(H,17,18). The van der Waals surface area contributed by atoms with E-state index in [2.05, 4.69) is 10.3 Å². The number of carbonyl (C=O) groups excluding carboxylic acids is 1. The Morgan fingerprint density at radius 2 is 2.15 bits per heavy atom. The third-order valence-corrected chi connectivity index (χ3v) is 3.26. The maximum absolute atomic E-state index is 10.7. The van der Waals surface area contributed by atoms with Crippen molar-refractivity contribution in [3.8, 4) is 11.5 Å². The Morgan fingerprint density at radius 1 is 1.25 bits per heavy atom. The van der Waals surface area contributed by atoms with Crippen molar-refractivity contribution in [1.29, 1.82) is 0 Å². The van der Waals surface area contributed by atoms with E-state index < -0.39 is 0 Å². The summed E-state index contributed by atoms with van der Waals surface area (Å²) in [5.41, 5.74) is 2.60. The topological polar surface area (TPSA) is 50.7 Å². The highest BCUT2D eigenvalue weighted by atomic mass is 35.5. The van der Waals surface area contributed by atoms with Crippen LogP contribution in [0.5, 0.6) is 11.5 Å². The van der Waals surface area contributed by atoms with Gasteiger partial charge in [0.05, 0.1) is 17.9 Å². The van der Waals surface area contributed by atoms with E-state index in [0.717, 1.165) is 17.5 Å². The van der Waals surface area contributed by atoms with E-state index in [1.54, 1.807) is 24.5 Å². The normalized spacial score (nSPS) is 12.4. The van der Waals surface area contributed by atoms with Gasteiger partial charge in [0.25, 0.3) is 0 Å². The summed E-state index contributed by atoms with van der Waals surface area (Å²) < 4.78 is 5.75. The Kier molecular flexibility index (Phi) is 3.39. The third-order valence-electron chi connectivity index (χ3n) is 2.97. The van der Waals surface area contributed by atoms with Gasteiger partial charge in [0.1, 0.15) is 17.8 Å². The summed E-state index contributed by atoms with van der Waals surface area (Å²) in [5, 5.41) is 3.47. The second-order valence-corrected chi connectivity index (χ2v) is 4.75. The fraction of sp³-hybridized carbons (Fsp3) is 0.0667. The Bertz CT molecular complexity index is 698. The van der Waals surface area contributed by atoms with E-state index in [4.69, 9.17) is 16.3 Å². The zero-order chi connectivity index (χ0) is 13.9. The molecule has 2 aromatic rings. The van der Waals surface area contributed by atoms with E-state index >= 15 is 0 Å². The molecule has 0 amide bonds. The summed E-state index contributed by atoms with van der Waals surface area (Å²) in [7, 11) is 0. The van der Waals surface area contributed by atoms with Crippen LogP contribution in [-0.4, -0.2) is 12.6 Å². The van der Waals surface area contributed by atoms with Gasteiger partial charge in [0.15, 0.2) is 0 Å². The highest BCUT2D eigenvalue weighted by molar-refractivity contribution is 6.32. The molecule has 0 aliphatic carbocycles. The van der Waals surface area contributed by atoms with Gasteiger partial charge in [-0.3, -0.25) is 9.79 Å². The van der Waals surface area contributed by atoms with E-state index in [0.29, 0.717) is 28.6 Å². The van der Waals surface area contributed by atoms with Crippen LogP contribution in [0.25, 0.3) is 0 Å². The Hall–Kier alpha value is -2.33. The van der Waals surface area contributed by atoms with Crippen molar-refractivity contribution in [2.45, 2.75) is 6.54 Å². The largest absolute Gasteiger partial charge is 0.456 e. The summed E-state index contributed by atoms with van der Waals surface area (Å²) >= 11 is 6.08. The number of anilines is 1. The van der Waals surface area contributed by atoms with E-state index in [1.165, 1.54) is 0 Å². The fourth-order valence-corrected chi connectivity index (χ4v) is 2.19. The highest BCUT2D eigenvalue weighted by Gasteiger charge is 2.09. The molecule has 0 spiro atoms. The second-order valence-electron chi connectivity index (χ2n) is 4.34. The average molecular weight is 287 g/mol. The first-order valence-electron chi connectivity index (χ1n) is 6.06. The molecule has 100 valence electrons. The predicted molar refractivity (Wildman–Crippen MR) is 79.2 cm³/mol. The number of nitrogens with one attached hydrogen (secondary N) is 1. The Balaban J connectivity index is 1.86. The molecular formula is C15H11ClN2O2. The number of halogens is 1. The van der Waals surface area contributed by atoms with Gasteiger partial charge in [-0.1, -0.05) is 11.6 Å². The summed E-state index contributed by atoms with van der Waals surface area (Å²) in [6.45, 7) is 0.622. The van der Waals surface area contributed by atoms with Crippen molar-refractivity contribution >= 4 is 29.9 Å². The van der Waals surface area contributed by atoms with Gasteiger partial charge in [0.2, 0.25) is 0 Å². The summed E-state index contributed by atoms with van der Waals surface area (Å²) in [4.78, 5) is 14.8. The van der Waals surface area contributed by atoms with Crippen LogP contribution < -0.4 is 10.1 Å². The van der Waals surface area contributed by atoms with Crippen molar-refractivity contribution in [1.82, 2.24) is 0 Å². The maximum Gasteiger partial charge on any atom is 0.150 e. The van der Waals surface area contributed by atoms with Gasteiger partial charge in [0, 0.05) is 16.8 Å². The third kappa shape index (κ3) is 2.51. The number of nitrogens with zero attached hydrogens (tertiary/aromatic N) is 1. The minimum absolute atomic E-state index is 0.406. The summed E-state index contributed by atoms with van der Waals surface area (Å²) in [5.74, 6) is 1.20. The van der Waals surface area contributed by atoms with Gasteiger partial charge in [-0.25, -0.2) is 0 Å². The van der Waals surface area contributed by atoms with Gasteiger partial charge >= 0.3 is 0 Å². The minimum atomic E-state index is 0.406. The lowest BCUT2D eigenvalue weighted by molar-refractivity contribution is 0.112. The average Bonchev–Trinajstić information content (AvgIpc) is 2.49. The number of fused-ring (bicyclic) bond motifs is 1. The molecular weight excluding hydrogens is 276 g/mol. The lowest BCUT2D eigenvalue weighted by Gasteiger charge is -2.14. The number of aldehydes is 1. The van der Waals surface area contributed by atoms with Crippen LogP contribution in [0, 0.1) is 0 Å². The molecule has 1 heterocycles. The highest BCUT2D eigenvalue weighted by Crippen LogP contribution is 2.32. The zero-order valence-electron chi connectivity index (χ0n) is 10.5. The van der Waals surface area contributed by atoms with Gasteiger partial charge < -0.3 is 10.1 Å². The summed E-state index contributed by atoms with van der Waals surface area (Å²) in [6.07, 6.45) is 2.43. The first-order valence-corrected chi connectivity index (χ1v) is 6.44. The smallest absolute Gasteiger partial charge is 0.150 e. The second kappa shape index (κ2) is 5.35. The van der Waals surface area contributed by atoms with Gasteiger partial charge in [-0.15, -0.1) is 0 Å². The molecule has 0 saturated carbocycles. The molecule has 1 aliphatic rings. The van der Waals surface area contributed by atoms with Crippen molar-refractivity contribution < 1.29 is 9.53 Å². The molecule has 0 radical (unpaired) electrons. The van der Waals surface area contributed by atoms with Crippen LogP contribution in [0.2, 0.25) is 5.02 Å². The SMILES string of the molecule is O=Cc1ccc(Oc2ccc3c(c2)CN=CN3)c(Cl)c1. The first kappa shape index (κ1) is 12.7. The predicted octanol–water partition coefficient (Wildman–Crippen LogP) is 3.90. The molecule has 1 N–H and O–H groups in total.